The third kappa shape index (κ3) is 4.35. The summed E-state index contributed by atoms with van der Waals surface area (Å²) in [5.41, 5.74) is 0.476. The van der Waals surface area contributed by atoms with E-state index in [0.717, 1.165) is 6.42 Å². The number of nitrogens with zero attached hydrogens (tertiary/aromatic N) is 1. The summed E-state index contributed by atoms with van der Waals surface area (Å²) in [4.78, 5) is 13.6. The molecule has 0 aliphatic rings. The molecule has 0 saturated heterocycles. The van der Waals surface area contributed by atoms with E-state index in [2.05, 4.69) is 19.2 Å². The van der Waals surface area contributed by atoms with Crippen LogP contribution in [0, 0.1) is 11.7 Å². The maximum atomic E-state index is 13.0. The Balaban J connectivity index is 2.59. The zero-order valence-corrected chi connectivity index (χ0v) is 11.4. The van der Waals surface area contributed by atoms with Crippen molar-refractivity contribution in [2.75, 3.05) is 12.4 Å². The molecule has 0 spiro atoms. The van der Waals surface area contributed by atoms with Crippen molar-refractivity contribution in [3.63, 3.8) is 0 Å². The minimum absolute atomic E-state index is 0.151. The number of amides is 2. The van der Waals surface area contributed by atoms with Crippen molar-refractivity contribution < 1.29 is 9.18 Å². The smallest absolute Gasteiger partial charge is 0.321 e. The highest BCUT2D eigenvalue weighted by Gasteiger charge is 2.16. The van der Waals surface area contributed by atoms with Gasteiger partial charge in [-0.2, -0.15) is 0 Å². The lowest BCUT2D eigenvalue weighted by molar-refractivity contribution is 0.200. The standard InChI is InChI=1S/C14H21FN2O/c1-10(2)8-11(3)17(4)14(18)16-13-7-5-6-12(15)9-13/h5-7,9-11H,8H2,1-4H3,(H,16,18)/t11-/m1/s1. The second-order valence-corrected chi connectivity index (χ2v) is 5.03. The zero-order valence-electron chi connectivity index (χ0n) is 11.4. The van der Waals surface area contributed by atoms with Gasteiger partial charge >= 0.3 is 6.03 Å². The van der Waals surface area contributed by atoms with E-state index in [9.17, 15) is 9.18 Å². The fraction of sp³-hybridized carbons (Fsp3) is 0.500. The van der Waals surface area contributed by atoms with E-state index < -0.39 is 0 Å². The Kier molecular flexibility index (Phi) is 5.13. The van der Waals surface area contributed by atoms with E-state index in [0.29, 0.717) is 11.6 Å². The number of hydrogen-bond donors (Lipinski definition) is 1. The van der Waals surface area contributed by atoms with E-state index in [-0.39, 0.29) is 17.9 Å². The molecule has 0 radical (unpaired) electrons. The lowest BCUT2D eigenvalue weighted by atomic mass is 10.0. The van der Waals surface area contributed by atoms with Crippen LogP contribution < -0.4 is 5.32 Å². The summed E-state index contributed by atoms with van der Waals surface area (Å²) in [6, 6.07) is 5.83. The Morgan fingerprint density at radius 3 is 2.61 bits per heavy atom. The number of urea groups is 1. The van der Waals surface area contributed by atoms with Crippen LogP contribution in [0.15, 0.2) is 24.3 Å². The number of halogens is 1. The van der Waals surface area contributed by atoms with E-state index in [1.807, 2.05) is 6.92 Å². The van der Waals surface area contributed by atoms with E-state index in [4.69, 9.17) is 0 Å². The molecule has 3 nitrogen and oxygen atoms in total. The fourth-order valence-electron chi connectivity index (χ4n) is 1.82. The maximum Gasteiger partial charge on any atom is 0.321 e. The van der Waals surface area contributed by atoms with Crippen LogP contribution in [0.25, 0.3) is 0 Å². The van der Waals surface area contributed by atoms with Crippen LogP contribution in [-0.2, 0) is 0 Å². The molecule has 0 heterocycles. The molecule has 0 unspecified atom stereocenters. The molecular formula is C14H21FN2O. The Hall–Kier alpha value is -1.58. The van der Waals surface area contributed by atoms with Gasteiger partial charge in [-0.3, -0.25) is 0 Å². The van der Waals surface area contributed by atoms with Gasteiger partial charge in [0.25, 0.3) is 0 Å². The molecule has 1 aromatic carbocycles. The average molecular weight is 252 g/mol. The Labute approximate surface area is 108 Å². The monoisotopic (exact) mass is 252 g/mol. The SMILES string of the molecule is CC(C)C[C@@H](C)N(C)C(=O)Nc1cccc(F)c1. The molecular weight excluding hydrogens is 231 g/mol. The van der Waals surface area contributed by atoms with Crippen molar-refractivity contribution >= 4 is 11.7 Å². The largest absolute Gasteiger partial charge is 0.325 e. The average Bonchev–Trinajstić information content (AvgIpc) is 2.27. The molecule has 18 heavy (non-hydrogen) atoms. The van der Waals surface area contributed by atoms with Crippen LogP contribution in [0.5, 0.6) is 0 Å². The molecule has 1 rings (SSSR count). The van der Waals surface area contributed by atoms with Crippen molar-refractivity contribution in [3.8, 4) is 0 Å². The van der Waals surface area contributed by atoms with Crippen LogP contribution in [0.4, 0.5) is 14.9 Å². The molecule has 0 aliphatic heterocycles. The first-order valence-corrected chi connectivity index (χ1v) is 6.19. The van der Waals surface area contributed by atoms with Gasteiger partial charge in [-0.25, -0.2) is 9.18 Å². The van der Waals surface area contributed by atoms with Crippen LogP contribution in [0.3, 0.4) is 0 Å². The zero-order chi connectivity index (χ0) is 13.7. The quantitative estimate of drug-likeness (QED) is 0.870. The van der Waals surface area contributed by atoms with Crippen molar-refractivity contribution in [2.45, 2.75) is 33.2 Å². The summed E-state index contributed by atoms with van der Waals surface area (Å²) in [6.45, 7) is 6.24. The molecule has 1 N–H and O–H groups in total. The van der Waals surface area contributed by atoms with E-state index in [1.54, 1.807) is 24.1 Å². The second kappa shape index (κ2) is 6.38. The summed E-state index contributed by atoms with van der Waals surface area (Å²) in [5, 5.41) is 2.68. The van der Waals surface area contributed by atoms with E-state index >= 15 is 0 Å². The number of nitrogens with one attached hydrogen (secondary N) is 1. The molecule has 100 valence electrons. The first-order chi connectivity index (χ1) is 8.40. The predicted octanol–water partition coefficient (Wildman–Crippen LogP) is 3.72. The first kappa shape index (κ1) is 14.5. The van der Waals surface area contributed by atoms with Gasteiger partial charge in [0.2, 0.25) is 0 Å². The highest BCUT2D eigenvalue weighted by Crippen LogP contribution is 2.13. The highest BCUT2D eigenvalue weighted by atomic mass is 19.1. The summed E-state index contributed by atoms with van der Waals surface area (Å²) >= 11 is 0. The number of carbonyl (C=O) groups excluding carboxylic acids is 1. The number of hydrogen-bond acceptors (Lipinski definition) is 1. The second-order valence-electron chi connectivity index (χ2n) is 5.03. The van der Waals surface area contributed by atoms with Gasteiger partial charge in [-0.05, 0) is 37.5 Å². The summed E-state index contributed by atoms with van der Waals surface area (Å²) in [5.74, 6) is 0.176. The molecule has 1 aromatic rings. The van der Waals surface area contributed by atoms with Crippen molar-refractivity contribution in [1.82, 2.24) is 4.90 Å². The van der Waals surface area contributed by atoms with Gasteiger partial charge in [0, 0.05) is 18.8 Å². The Morgan fingerprint density at radius 2 is 2.06 bits per heavy atom. The molecule has 1 atom stereocenters. The third-order valence-corrected chi connectivity index (χ3v) is 2.87. The van der Waals surface area contributed by atoms with E-state index in [1.165, 1.54) is 12.1 Å². The van der Waals surface area contributed by atoms with Crippen LogP contribution in [0.1, 0.15) is 27.2 Å². The Bertz CT molecular complexity index is 407. The van der Waals surface area contributed by atoms with Gasteiger partial charge < -0.3 is 10.2 Å². The molecule has 0 aromatic heterocycles. The fourth-order valence-corrected chi connectivity index (χ4v) is 1.82. The minimum Gasteiger partial charge on any atom is -0.325 e. The van der Waals surface area contributed by atoms with Gasteiger partial charge in [-0.1, -0.05) is 19.9 Å². The van der Waals surface area contributed by atoms with Crippen LogP contribution >= 0.6 is 0 Å². The van der Waals surface area contributed by atoms with Gasteiger partial charge in [0.05, 0.1) is 0 Å². The van der Waals surface area contributed by atoms with Gasteiger partial charge in [0.1, 0.15) is 5.82 Å². The highest BCUT2D eigenvalue weighted by molar-refractivity contribution is 5.89. The normalized spacial score (nSPS) is 12.3. The van der Waals surface area contributed by atoms with Crippen molar-refractivity contribution in [1.29, 1.82) is 0 Å². The topological polar surface area (TPSA) is 32.3 Å². The summed E-state index contributed by atoms with van der Waals surface area (Å²) in [7, 11) is 1.75. The van der Waals surface area contributed by atoms with Crippen LogP contribution in [0.2, 0.25) is 0 Å². The van der Waals surface area contributed by atoms with Crippen LogP contribution in [-0.4, -0.2) is 24.0 Å². The number of rotatable bonds is 4. The molecule has 0 bridgehead atoms. The van der Waals surface area contributed by atoms with Crippen molar-refractivity contribution in [3.05, 3.63) is 30.1 Å². The Morgan fingerprint density at radius 1 is 1.39 bits per heavy atom. The number of anilines is 1. The first-order valence-electron chi connectivity index (χ1n) is 6.19. The summed E-state index contributed by atoms with van der Waals surface area (Å²) in [6.07, 6.45) is 0.938. The lowest BCUT2D eigenvalue weighted by Gasteiger charge is -2.26. The molecule has 4 heteroatoms. The lowest BCUT2D eigenvalue weighted by Crippen LogP contribution is -2.38. The molecule has 0 aliphatic carbocycles. The third-order valence-electron chi connectivity index (χ3n) is 2.87. The van der Waals surface area contributed by atoms with Gasteiger partial charge in [-0.15, -0.1) is 0 Å². The molecule has 2 amide bonds. The minimum atomic E-state index is -0.356. The number of benzene rings is 1. The molecule has 0 fully saturated rings. The number of carbonyl (C=O) groups is 1. The predicted molar refractivity (Wildman–Crippen MR) is 72.1 cm³/mol. The van der Waals surface area contributed by atoms with Gasteiger partial charge in [0.15, 0.2) is 0 Å². The van der Waals surface area contributed by atoms with Crippen molar-refractivity contribution in [2.24, 2.45) is 5.92 Å². The maximum absolute atomic E-state index is 13.0. The summed E-state index contributed by atoms with van der Waals surface area (Å²) < 4.78 is 13.0. The molecule has 0 saturated carbocycles.